The van der Waals surface area contributed by atoms with Gasteiger partial charge in [-0.3, -0.25) is 4.79 Å². The van der Waals surface area contributed by atoms with Crippen molar-refractivity contribution < 1.29 is 13.6 Å². The first-order valence-electron chi connectivity index (χ1n) is 6.79. The first kappa shape index (κ1) is 15.2. The van der Waals surface area contributed by atoms with Gasteiger partial charge in [0.1, 0.15) is 11.4 Å². The molecule has 1 heterocycles. The van der Waals surface area contributed by atoms with Crippen LogP contribution >= 0.6 is 11.6 Å². The third kappa shape index (κ3) is 3.40. The Hall–Kier alpha value is -2.66. The van der Waals surface area contributed by atoms with Crippen LogP contribution in [-0.2, 0) is 6.54 Å². The van der Waals surface area contributed by atoms with Gasteiger partial charge in [-0.15, -0.1) is 0 Å². The molecule has 0 atom stereocenters. The smallest absolute Gasteiger partial charge is 0.336 e. The summed E-state index contributed by atoms with van der Waals surface area (Å²) in [5, 5.41) is 3.67. The molecule has 0 aliphatic heterocycles. The summed E-state index contributed by atoms with van der Waals surface area (Å²) in [6.45, 7) is 0.0764. The van der Waals surface area contributed by atoms with Gasteiger partial charge in [-0.25, -0.2) is 9.18 Å². The average molecular weight is 332 g/mol. The van der Waals surface area contributed by atoms with Crippen LogP contribution in [0.2, 0.25) is 5.02 Å². The fourth-order valence-corrected chi connectivity index (χ4v) is 2.35. The van der Waals surface area contributed by atoms with Crippen LogP contribution < -0.4 is 10.9 Å². The van der Waals surface area contributed by atoms with Crippen molar-refractivity contribution in [3.8, 4) is 0 Å². The molecule has 116 valence electrons. The number of amides is 1. The summed E-state index contributed by atoms with van der Waals surface area (Å²) < 4.78 is 18.4. The topological polar surface area (TPSA) is 59.3 Å². The van der Waals surface area contributed by atoms with Crippen molar-refractivity contribution in [1.29, 1.82) is 0 Å². The lowest BCUT2D eigenvalue weighted by Gasteiger charge is -2.08. The van der Waals surface area contributed by atoms with Gasteiger partial charge in [0, 0.05) is 28.6 Å². The highest BCUT2D eigenvalue weighted by Gasteiger charge is 2.10. The van der Waals surface area contributed by atoms with Crippen molar-refractivity contribution in [1.82, 2.24) is 5.32 Å². The molecule has 0 radical (unpaired) electrons. The van der Waals surface area contributed by atoms with Crippen LogP contribution in [0.4, 0.5) is 4.39 Å². The first-order chi connectivity index (χ1) is 11.0. The van der Waals surface area contributed by atoms with Crippen LogP contribution in [0.1, 0.15) is 15.9 Å². The number of carbonyl (C=O) groups excluding carboxylic acids is 1. The van der Waals surface area contributed by atoms with Crippen LogP contribution in [0.3, 0.4) is 0 Å². The van der Waals surface area contributed by atoms with Gasteiger partial charge in [-0.05, 0) is 48.0 Å². The van der Waals surface area contributed by atoms with E-state index in [0.29, 0.717) is 21.5 Å². The van der Waals surface area contributed by atoms with Gasteiger partial charge in [-0.2, -0.15) is 0 Å². The predicted octanol–water partition coefficient (Wildman–Crippen LogP) is 3.52. The molecule has 6 heteroatoms. The number of nitrogens with one attached hydrogen (secondary N) is 1. The fraction of sp³-hybridized carbons (Fsp3) is 0.0588. The molecule has 3 rings (SSSR count). The lowest BCUT2D eigenvalue weighted by atomic mass is 10.1. The zero-order valence-electron chi connectivity index (χ0n) is 11.8. The number of hydrogen-bond donors (Lipinski definition) is 1. The van der Waals surface area contributed by atoms with Crippen LogP contribution in [0.25, 0.3) is 11.0 Å². The van der Waals surface area contributed by atoms with E-state index in [0.717, 1.165) is 0 Å². The second-order valence-electron chi connectivity index (χ2n) is 4.92. The molecule has 1 amide bonds. The number of carbonyl (C=O) groups is 1. The van der Waals surface area contributed by atoms with Crippen molar-refractivity contribution in [2.75, 3.05) is 0 Å². The summed E-state index contributed by atoms with van der Waals surface area (Å²) in [6.07, 6.45) is 0. The standard InChI is InChI=1S/C17H11ClFNO3/c18-12-3-1-10(2-4-12)17(22)20-9-11-7-16(21)23-15-6-5-13(19)8-14(11)15/h1-8H,9H2,(H,20,22). The van der Waals surface area contributed by atoms with Crippen LogP contribution in [0.5, 0.6) is 0 Å². The predicted molar refractivity (Wildman–Crippen MR) is 85.1 cm³/mol. The number of benzene rings is 2. The van der Waals surface area contributed by atoms with Crippen molar-refractivity contribution in [3.63, 3.8) is 0 Å². The molecule has 0 fully saturated rings. The van der Waals surface area contributed by atoms with Gasteiger partial charge < -0.3 is 9.73 Å². The van der Waals surface area contributed by atoms with Gasteiger partial charge in [0.05, 0.1) is 0 Å². The average Bonchev–Trinajstić information content (AvgIpc) is 2.53. The maximum atomic E-state index is 13.4. The Bertz CT molecular complexity index is 935. The molecule has 0 spiro atoms. The Labute approximate surface area is 135 Å². The van der Waals surface area contributed by atoms with E-state index in [1.165, 1.54) is 24.3 Å². The highest BCUT2D eigenvalue weighted by atomic mass is 35.5. The van der Waals surface area contributed by atoms with E-state index < -0.39 is 11.4 Å². The lowest BCUT2D eigenvalue weighted by molar-refractivity contribution is 0.0951. The molecule has 0 unspecified atom stereocenters. The normalized spacial score (nSPS) is 10.7. The van der Waals surface area contributed by atoms with Crippen molar-refractivity contribution in [2.24, 2.45) is 0 Å². The molecule has 23 heavy (non-hydrogen) atoms. The number of hydrogen-bond acceptors (Lipinski definition) is 3. The minimum Gasteiger partial charge on any atom is -0.423 e. The SMILES string of the molecule is O=C(NCc1cc(=O)oc2ccc(F)cc12)c1ccc(Cl)cc1. The Balaban J connectivity index is 1.86. The van der Waals surface area contributed by atoms with E-state index in [1.54, 1.807) is 24.3 Å². The Morgan fingerprint density at radius 3 is 2.61 bits per heavy atom. The molecular weight excluding hydrogens is 321 g/mol. The largest absolute Gasteiger partial charge is 0.423 e. The van der Waals surface area contributed by atoms with E-state index in [4.69, 9.17) is 16.0 Å². The van der Waals surface area contributed by atoms with Gasteiger partial charge in [0.15, 0.2) is 0 Å². The second kappa shape index (κ2) is 6.22. The summed E-state index contributed by atoms with van der Waals surface area (Å²) in [5.74, 6) is -0.768. The first-order valence-corrected chi connectivity index (χ1v) is 7.17. The van der Waals surface area contributed by atoms with Crippen molar-refractivity contribution in [2.45, 2.75) is 6.54 Å². The van der Waals surface area contributed by atoms with Gasteiger partial charge in [0.2, 0.25) is 0 Å². The van der Waals surface area contributed by atoms with Crippen molar-refractivity contribution >= 4 is 28.5 Å². The quantitative estimate of drug-likeness (QED) is 0.747. The molecule has 0 aliphatic carbocycles. The Morgan fingerprint density at radius 2 is 1.87 bits per heavy atom. The maximum absolute atomic E-state index is 13.4. The molecule has 0 aliphatic rings. The van der Waals surface area contributed by atoms with Gasteiger partial charge in [-0.1, -0.05) is 11.6 Å². The van der Waals surface area contributed by atoms with E-state index in [2.05, 4.69) is 5.32 Å². The Kier molecular flexibility index (Phi) is 4.12. The molecule has 0 bridgehead atoms. The van der Waals surface area contributed by atoms with Crippen LogP contribution in [-0.4, -0.2) is 5.91 Å². The molecule has 1 aromatic heterocycles. The third-order valence-corrected chi connectivity index (χ3v) is 3.59. The van der Waals surface area contributed by atoms with E-state index in [1.807, 2.05) is 0 Å². The minimum absolute atomic E-state index is 0.0764. The van der Waals surface area contributed by atoms with Crippen LogP contribution in [0.15, 0.2) is 57.7 Å². The fourth-order valence-electron chi connectivity index (χ4n) is 2.23. The van der Waals surface area contributed by atoms with Crippen molar-refractivity contribution in [3.05, 3.63) is 80.9 Å². The lowest BCUT2D eigenvalue weighted by Crippen LogP contribution is -2.23. The van der Waals surface area contributed by atoms with E-state index in [-0.39, 0.29) is 18.0 Å². The number of halogens is 2. The Morgan fingerprint density at radius 1 is 1.13 bits per heavy atom. The highest BCUT2D eigenvalue weighted by molar-refractivity contribution is 6.30. The molecule has 2 aromatic carbocycles. The summed E-state index contributed by atoms with van der Waals surface area (Å²) in [6, 6.07) is 11.5. The zero-order chi connectivity index (χ0) is 16.4. The molecular formula is C17H11ClFNO3. The van der Waals surface area contributed by atoms with Crippen LogP contribution in [0, 0.1) is 5.82 Å². The monoisotopic (exact) mass is 331 g/mol. The van der Waals surface area contributed by atoms with E-state index >= 15 is 0 Å². The number of rotatable bonds is 3. The molecule has 0 saturated heterocycles. The summed E-state index contributed by atoms with van der Waals surface area (Å²) in [5.41, 5.74) is 0.639. The zero-order valence-corrected chi connectivity index (χ0v) is 12.6. The van der Waals surface area contributed by atoms with Gasteiger partial charge >= 0.3 is 5.63 Å². The second-order valence-corrected chi connectivity index (χ2v) is 5.36. The summed E-state index contributed by atoms with van der Waals surface area (Å²) >= 11 is 5.77. The van der Waals surface area contributed by atoms with E-state index in [9.17, 15) is 14.0 Å². The van der Waals surface area contributed by atoms with Gasteiger partial charge in [0.25, 0.3) is 5.91 Å². The molecule has 1 N–H and O–H groups in total. The summed E-state index contributed by atoms with van der Waals surface area (Å²) in [7, 11) is 0. The highest BCUT2D eigenvalue weighted by Crippen LogP contribution is 2.18. The third-order valence-electron chi connectivity index (χ3n) is 3.34. The molecule has 3 aromatic rings. The maximum Gasteiger partial charge on any atom is 0.336 e. The molecule has 0 saturated carbocycles. The molecule has 4 nitrogen and oxygen atoms in total. The minimum atomic E-state index is -0.556. The number of fused-ring (bicyclic) bond motifs is 1. The summed E-state index contributed by atoms with van der Waals surface area (Å²) in [4.78, 5) is 23.6.